The van der Waals surface area contributed by atoms with E-state index in [4.69, 9.17) is 0 Å². The molecule has 15 heavy (non-hydrogen) atoms. The van der Waals surface area contributed by atoms with E-state index in [1.807, 2.05) is 0 Å². The van der Waals surface area contributed by atoms with Crippen LogP contribution in [0.3, 0.4) is 0 Å². The van der Waals surface area contributed by atoms with Gasteiger partial charge in [-0.05, 0) is 50.6 Å². The number of ketones is 1. The third-order valence-electron chi connectivity index (χ3n) is 3.48. The van der Waals surface area contributed by atoms with Gasteiger partial charge >= 0.3 is 0 Å². The fourth-order valence-corrected chi connectivity index (χ4v) is 2.55. The molecule has 0 aromatic carbocycles. The SMILES string of the molecule is O=C(C1=CCCCCCC1)C1CCCN1. The molecule has 2 nitrogen and oxygen atoms in total. The Morgan fingerprint density at radius 3 is 2.87 bits per heavy atom. The summed E-state index contributed by atoms with van der Waals surface area (Å²) in [6.07, 6.45) is 11.6. The van der Waals surface area contributed by atoms with Crippen molar-refractivity contribution in [2.24, 2.45) is 0 Å². The first-order chi connectivity index (χ1) is 7.38. The molecule has 0 amide bonds. The lowest BCUT2D eigenvalue weighted by atomic mass is 9.94. The Labute approximate surface area is 92.1 Å². The van der Waals surface area contributed by atoms with Gasteiger partial charge in [-0.1, -0.05) is 18.9 Å². The van der Waals surface area contributed by atoms with Crippen molar-refractivity contribution in [3.63, 3.8) is 0 Å². The van der Waals surface area contributed by atoms with Crippen LogP contribution >= 0.6 is 0 Å². The largest absolute Gasteiger partial charge is 0.307 e. The topological polar surface area (TPSA) is 29.1 Å². The maximum absolute atomic E-state index is 12.1. The summed E-state index contributed by atoms with van der Waals surface area (Å²) in [7, 11) is 0. The molecular formula is C13H21NO. The van der Waals surface area contributed by atoms with Gasteiger partial charge < -0.3 is 5.32 Å². The summed E-state index contributed by atoms with van der Waals surface area (Å²) in [6.45, 7) is 1.02. The fourth-order valence-electron chi connectivity index (χ4n) is 2.55. The fraction of sp³-hybridized carbons (Fsp3) is 0.769. The third kappa shape index (κ3) is 2.91. The Kier molecular flexibility index (Phi) is 3.95. The van der Waals surface area contributed by atoms with E-state index in [2.05, 4.69) is 11.4 Å². The summed E-state index contributed by atoms with van der Waals surface area (Å²) < 4.78 is 0. The van der Waals surface area contributed by atoms with Crippen LogP contribution in [0.1, 0.15) is 51.4 Å². The molecule has 1 saturated heterocycles. The van der Waals surface area contributed by atoms with Crippen molar-refractivity contribution < 1.29 is 4.79 Å². The summed E-state index contributed by atoms with van der Waals surface area (Å²) in [5, 5.41) is 3.30. The van der Waals surface area contributed by atoms with Gasteiger partial charge in [-0.3, -0.25) is 4.79 Å². The first-order valence-electron chi connectivity index (χ1n) is 6.34. The summed E-state index contributed by atoms with van der Waals surface area (Å²) in [5.41, 5.74) is 1.11. The Bertz CT molecular complexity index is 251. The van der Waals surface area contributed by atoms with Crippen molar-refractivity contribution in [2.45, 2.75) is 57.4 Å². The van der Waals surface area contributed by atoms with Crippen LogP contribution in [-0.2, 0) is 4.79 Å². The van der Waals surface area contributed by atoms with Gasteiger partial charge in [0.1, 0.15) is 0 Å². The van der Waals surface area contributed by atoms with Gasteiger partial charge in [-0.15, -0.1) is 0 Å². The van der Waals surface area contributed by atoms with E-state index >= 15 is 0 Å². The zero-order chi connectivity index (χ0) is 10.5. The van der Waals surface area contributed by atoms with Crippen LogP contribution in [0.5, 0.6) is 0 Å². The van der Waals surface area contributed by atoms with Crippen LogP contribution in [0, 0.1) is 0 Å². The van der Waals surface area contributed by atoms with Crippen LogP contribution in [-0.4, -0.2) is 18.4 Å². The molecule has 1 N–H and O–H groups in total. The van der Waals surface area contributed by atoms with Gasteiger partial charge in [-0.25, -0.2) is 0 Å². The van der Waals surface area contributed by atoms with E-state index in [1.165, 1.54) is 25.7 Å². The van der Waals surface area contributed by atoms with E-state index in [9.17, 15) is 4.79 Å². The van der Waals surface area contributed by atoms with Gasteiger partial charge in [-0.2, -0.15) is 0 Å². The Hall–Kier alpha value is -0.630. The second-order valence-corrected chi connectivity index (χ2v) is 4.70. The van der Waals surface area contributed by atoms with E-state index in [1.54, 1.807) is 0 Å². The van der Waals surface area contributed by atoms with E-state index in [0.717, 1.165) is 37.8 Å². The highest BCUT2D eigenvalue weighted by atomic mass is 16.1. The molecule has 1 fully saturated rings. The average molecular weight is 207 g/mol. The van der Waals surface area contributed by atoms with Crippen molar-refractivity contribution >= 4 is 5.78 Å². The molecule has 1 aliphatic heterocycles. The number of rotatable bonds is 2. The summed E-state index contributed by atoms with van der Waals surface area (Å²) in [5.74, 6) is 0.384. The second-order valence-electron chi connectivity index (χ2n) is 4.70. The standard InChI is InChI=1S/C13H21NO/c15-13(12-9-6-10-14-12)11-7-4-2-1-3-5-8-11/h7,12,14H,1-6,8-10H2. The van der Waals surface area contributed by atoms with Crippen molar-refractivity contribution in [2.75, 3.05) is 6.54 Å². The Morgan fingerprint density at radius 1 is 1.20 bits per heavy atom. The van der Waals surface area contributed by atoms with E-state index in [-0.39, 0.29) is 6.04 Å². The number of allylic oxidation sites excluding steroid dienone is 1. The average Bonchev–Trinajstić information content (AvgIpc) is 2.68. The number of carbonyl (C=O) groups is 1. The van der Waals surface area contributed by atoms with E-state index in [0.29, 0.717) is 5.78 Å². The van der Waals surface area contributed by atoms with Gasteiger partial charge in [0.25, 0.3) is 0 Å². The molecular weight excluding hydrogens is 186 g/mol. The molecule has 1 heterocycles. The number of hydrogen-bond acceptors (Lipinski definition) is 2. The summed E-state index contributed by atoms with van der Waals surface area (Å²) in [6, 6.07) is 0.135. The van der Waals surface area contributed by atoms with Crippen molar-refractivity contribution in [1.29, 1.82) is 0 Å². The van der Waals surface area contributed by atoms with E-state index < -0.39 is 0 Å². The van der Waals surface area contributed by atoms with Gasteiger partial charge in [0.05, 0.1) is 6.04 Å². The highest BCUT2D eigenvalue weighted by Gasteiger charge is 2.24. The molecule has 1 aliphatic carbocycles. The number of carbonyl (C=O) groups excluding carboxylic acids is 1. The Morgan fingerprint density at radius 2 is 2.07 bits per heavy atom. The molecule has 1 atom stereocenters. The maximum atomic E-state index is 12.1. The molecule has 2 heteroatoms. The monoisotopic (exact) mass is 207 g/mol. The van der Waals surface area contributed by atoms with Gasteiger partial charge in [0, 0.05) is 0 Å². The predicted molar refractivity (Wildman–Crippen MR) is 61.8 cm³/mol. The number of hydrogen-bond donors (Lipinski definition) is 1. The predicted octanol–water partition coefficient (Wildman–Crippen LogP) is 2.59. The molecule has 0 radical (unpaired) electrons. The molecule has 0 spiro atoms. The summed E-state index contributed by atoms with van der Waals surface area (Å²) in [4.78, 5) is 12.1. The zero-order valence-corrected chi connectivity index (χ0v) is 9.43. The minimum atomic E-state index is 0.135. The van der Waals surface area contributed by atoms with Crippen LogP contribution in [0.25, 0.3) is 0 Å². The first kappa shape index (κ1) is 10.9. The molecule has 1 unspecified atom stereocenters. The van der Waals surface area contributed by atoms with Gasteiger partial charge in [0.2, 0.25) is 0 Å². The first-order valence-corrected chi connectivity index (χ1v) is 6.34. The maximum Gasteiger partial charge on any atom is 0.175 e. The minimum absolute atomic E-state index is 0.135. The lowest BCUT2D eigenvalue weighted by Gasteiger charge is -2.14. The van der Waals surface area contributed by atoms with Crippen molar-refractivity contribution in [1.82, 2.24) is 5.32 Å². The van der Waals surface area contributed by atoms with Crippen LogP contribution in [0.2, 0.25) is 0 Å². The zero-order valence-electron chi connectivity index (χ0n) is 9.43. The molecule has 0 bridgehead atoms. The highest BCUT2D eigenvalue weighted by molar-refractivity contribution is 5.99. The van der Waals surface area contributed by atoms with Crippen molar-refractivity contribution in [3.05, 3.63) is 11.6 Å². The third-order valence-corrected chi connectivity index (χ3v) is 3.48. The van der Waals surface area contributed by atoms with Crippen LogP contribution < -0.4 is 5.32 Å². The highest BCUT2D eigenvalue weighted by Crippen LogP contribution is 2.20. The molecule has 84 valence electrons. The Balaban J connectivity index is 1.96. The number of Topliss-reactive ketones (excluding diaryl/α,β-unsaturated/α-hetero) is 1. The smallest absolute Gasteiger partial charge is 0.175 e. The van der Waals surface area contributed by atoms with Crippen LogP contribution in [0.15, 0.2) is 11.6 Å². The van der Waals surface area contributed by atoms with Crippen molar-refractivity contribution in [3.8, 4) is 0 Å². The summed E-state index contributed by atoms with van der Waals surface area (Å²) >= 11 is 0. The molecule has 0 saturated carbocycles. The van der Waals surface area contributed by atoms with Crippen LogP contribution in [0.4, 0.5) is 0 Å². The second kappa shape index (κ2) is 5.45. The molecule has 0 aromatic heterocycles. The minimum Gasteiger partial charge on any atom is -0.307 e. The van der Waals surface area contributed by atoms with Gasteiger partial charge in [0.15, 0.2) is 5.78 Å². The quantitative estimate of drug-likeness (QED) is 0.754. The molecule has 2 rings (SSSR count). The lowest BCUT2D eigenvalue weighted by molar-refractivity contribution is -0.117. The molecule has 2 aliphatic rings. The number of nitrogens with one attached hydrogen (secondary N) is 1. The molecule has 0 aromatic rings. The normalized spacial score (nSPS) is 28.0. The lowest BCUT2D eigenvalue weighted by Crippen LogP contribution is -2.32.